The van der Waals surface area contributed by atoms with E-state index in [-0.39, 0.29) is 48.9 Å². The lowest BCUT2D eigenvalue weighted by Gasteiger charge is -2.28. The minimum atomic E-state index is -3.83. The van der Waals surface area contributed by atoms with Gasteiger partial charge in [-0.15, -0.1) is 0 Å². The smallest absolute Gasteiger partial charge is 0.296 e. The van der Waals surface area contributed by atoms with Gasteiger partial charge < -0.3 is 5.11 Å². The number of hydrogen-bond acceptors (Lipinski definition) is 6. The highest BCUT2D eigenvalue weighted by molar-refractivity contribution is 7.89. The van der Waals surface area contributed by atoms with Gasteiger partial charge in [-0.1, -0.05) is 29.8 Å². The second-order valence-corrected chi connectivity index (χ2v) is 9.82. The van der Waals surface area contributed by atoms with Crippen molar-refractivity contribution < 1.29 is 22.7 Å². The molecule has 0 saturated heterocycles. The van der Waals surface area contributed by atoms with E-state index in [1.165, 1.54) is 33.1 Å². The van der Waals surface area contributed by atoms with Crippen molar-refractivity contribution in [3.8, 4) is 5.75 Å². The first-order chi connectivity index (χ1) is 15.7. The maximum Gasteiger partial charge on any atom is 0.296 e. The van der Waals surface area contributed by atoms with Crippen molar-refractivity contribution in [2.75, 3.05) is 6.54 Å². The summed E-state index contributed by atoms with van der Waals surface area (Å²) in [5, 5.41) is 10.3. The third-order valence-corrected chi connectivity index (χ3v) is 7.45. The molecule has 0 fully saturated rings. The molecule has 4 rings (SSSR count). The number of aromatic hydroxyl groups is 1. The number of Topliss-reactive ketones (excluding diaryl/α,β-unsaturated/α-hetero) is 1. The molecule has 0 radical (unpaired) electrons. The summed E-state index contributed by atoms with van der Waals surface area (Å²) in [5.74, 6) is -1.62. The number of carbonyl (C=O) groups is 1. The molecule has 0 amide bonds. The number of rotatable bonds is 6. The minimum Gasteiger partial charge on any atom is -0.501 e. The Hall–Kier alpha value is -3.37. The zero-order valence-electron chi connectivity index (χ0n) is 17.9. The summed E-state index contributed by atoms with van der Waals surface area (Å²) in [4.78, 5) is 29.6. The molecule has 1 N–H and O–H groups in total. The first-order valence-electron chi connectivity index (χ1n) is 10.3. The zero-order chi connectivity index (χ0) is 23.8. The van der Waals surface area contributed by atoms with Crippen LogP contribution in [0.5, 0.6) is 5.75 Å². The summed E-state index contributed by atoms with van der Waals surface area (Å²) in [5.41, 5.74) is 0.472. The largest absolute Gasteiger partial charge is 0.501 e. The fraction of sp³-hybridized carbons (Fsp3) is 0.261. The highest BCUT2D eigenvalue weighted by atomic mass is 32.2. The molecule has 0 unspecified atom stereocenters. The normalized spacial score (nSPS) is 14.1. The molecule has 0 bridgehead atoms. The molecule has 2 heterocycles. The third kappa shape index (κ3) is 4.57. The molecule has 8 nitrogen and oxygen atoms in total. The van der Waals surface area contributed by atoms with Gasteiger partial charge in [0.1, 0.15) is 11.6 Å². The summed E-state index contributed by atoms with van der Waals surface area (Å²) in [6, 6.07) is 12.1. The highest BCUT2D eigenvalue weighted by Gasteiger charge is 2.31. The number of sulfonamides is 1. The van der Waals surface area contributed by atoms with Crippen molar-refractivity contribution in [3.05, 3.63) is 87.3 Å². The van der Waals surface area contributed by atoms with Crippen LogP contribution in [0, 0.1) is 12.7 Å². The Morgan fingerprint density at radius 1 is 1.09 bits per heavy atom. The van der Waals surface area contributed by atoms with Crippen LogP contribution in [0.15, 0.2) is 58.2 Å². The number of nitrogens with zero attached hydrogens (tertiary/aromatic N) is 3. The molecule has 1 aliphatic heterocycles. The van der Waals surface area contributed by atoms with Gasteiger partial charge in [-0.3, -0.25) is 14.2 Å². The van der Waals surface area contributed by atoms with Gasteiger partial charge in [0.25, 0.3) is 5.56 Å². The summed E-state index contributed by atoms with van der Waals surface area (Å²) >= 11 is 0. The van der Waals surface area contributed by atoms with E-state index in [4.69, 9.17) is 0 Å². The van der Waals surface area contributed by atoms with Gasteiger partial charge in [0.2, 0.25) is 15.8 Å². The Bertz CT molecular complexity index is 1370. The standard InChI is InChI=1S/C23H22FN3O5S/c1-15-2-9-18(10-3-15)33(31,32)26-12-13-27-20(14-26)25-21(22(29)23(27)30)19(28)11-6-16-4-7-17(24)8-5-16/h2-5,7-10,29H,6,11-14H2,1H3. The molecule has 1 aliphatic rings. The van der Waals surface area contributed by atoms with E-state index in [2.05, 4.69) is 4.98 Å². The summed E-state index contributed by atoms with van der Waals surface area (Å²) in [6.07, 6.45) is 0.215. The first kappa shape index (κ1) is 22.8. The molecule has 1 aromatic heterocycles. The second kappa shape index (κ2) is 8.87. The van der Waals surface area contributed by atoms with E-state index in [0.29, 0.717) is 5.56 Å². The van der Waals surface area contributed by atoms with Crippen LogP contribution in [-0.2, 0) is 29.5 Å². The third-order valence-electron chi connectivity index (χ3n) is 5.59. The molecule has 0 atom stereocenters. The van der Waals surface area contributed by atoms with Crippen LogP contribution in [0.1, 0.15) is 33.9 Å². The molecule has 0 spiro atoms. The Morgan fingerprint density at radius 3 is 2.42 bits per heavy atom. The molecular weight excluding hydrogens is 449 g/mol. The van der Waals surface area contributed by atoms with Gasteiger partial charge in [0.15, 0.2) is 11.5 Å². The van der Waals surface area contributed by atoms with Gasteiger partial charge in [-0.25, -0.2) is 17.8 Å². The lowest BCUT2D eigenvalue weighted by Crippen LogP contribution is -2.43. The highest BCUT2D eigenvalue weighted by Crippen LogP contribution is 2.23. The van der Waals surface area contributed by atoms with Crippen LogP contribution in [0.3, 0.4) is 0 Å². The zero-order valence-corrected chi connectivity index (χ0v) is 18.7. The van der Waals surface area contributed by atoms with E-state index in [1.807, 2.05) is 6.92 Å². The maximum absolute atomic E-state index is 13.1. The minimum absolute atomic E-state index is 0.00384. The number of hydrogen-bond donors (Lipinski definition) is 1. The van der Waals surface area contributed by atoms with E-state index >= 15 is 0 Å². The SMILES string of the molecule is Cc1ccc(S(=O)(=O)N2CCn3c(nc(C(=O)CCc4ccc(F)cc4)c(O)c3=O)C2)cc1. The van der Waals surface area contributed by atoms with E-state index in [9.17, 15) is 27.5 Å². The van der Waals surface area contributed by atoms with Crippen molar-refractivity contribution in [1.82, 2.24) is 13.9 Å². The fourth-order valence-electron chi connectivity index (χ4n) is 3.67. The van der Waals surface area contributed by atoms with Gasteiger partial charge in [0, 0.05) is 19.5 Å². The van der Waals surface area contributed by atoms with Crippen LogP contribution in [0.2, 0.25) is 0 Å². The average Bonchev–Trinajstić information content (AvgIpc) is 2.80. The molecule has 172 valence electrons. The number of carbonyl (C=O) groups excluding carboxylic acids is 1. The first-order valence-corrected chi connectivity index (χ1v) is 11.8. The molecule has 0 aliphatic carbocycles. The van der Waals surface area contributed by atoms with Gasteiger partial charge in [-0.05, 0) is 43.2 Å². The number of aryl methyl sites for hydroxylation is 2. The van der Waals surface area contributed by atoms with Crippen LogP contribution < -0.4 is 5.56 Å². The van der Waals surface area contributed by atoms with Gasteiger partial charge >= 0.3 is 0 Å². The van der Waals surface area contributed by atoms with E-state index in [0.717, 1.165) is 5.56 Å². The van der Waals surface area contributed by atoms with Crippen LogP contribution >= 0.6 is 0 Å². The van der Waals surface area contributed by atoms with E-state index < -0.39 is 32.9 Å². The van der Waals surface area contributed by atoms with Gasteiger partial charge in [-0.2, -0.15) is 4.31 Å². The molecule has 2 aromatic carbocycles. The summed E-state index contributed by atoms with van der Waals surface area (Å²) in [6.45, 7) is 1.68. The summed E-state index contributed by atoms with van der Waals surface area (Å²) < 4.78 is 41.5. The Balaban J connectivity index is 1.59. The predicted molar refractivity (Wildman–Crippen MR) is 118 cm³/mol. The fourth-order valence-corrected chi connectivity index (χ4v) is 5.06. The molecule has 10 heteroatoms. The van der Waals surface area contributed by atoms with Crippen LogP contribution in [-0.4, -0.2) is 39.7 Å². The number of benzene rings is 2. The molecular formula is C23H22FN3O5S. The lowest BCUT2D eigenvalue weighted by molar-refractivity contribution is 0.0973. The number of fused-ring (bicyclic) bond motifs is 1. The van der Waals surface area contributed by atoms with Crippen molar-refractivity contribution in [2.45, 2.75) is 37.8 Å². The number of aromatic nitrogens is 2. The van der Waals surface area contributed by atoms with Crippen molar-refractivity contribution in [2.24, 2.45) is 0 Å². The van der Waals surface area contributed by atoms with E-state index in [1.54, 1.807) is 24.3 Å². The molecule has 0 saturated carbocycles. The quantitative estimate of drug-likeness (QED) is 0.553. The lowest BCUT2D eigenvalue weighted by atomic mass is 10.1. The topological polar surface area (TPSA) is 110 Å². The Morgan fingerprint density at radius 2 is 1.76 bits per heavy atom. The number of halogens is 1. The molecule has 3 aromatic rings. The molecule has 33 heavy (non-hydrogen) atoms. The van der Waals surface area contributed by atoms with Gasteiger partial charge in [0.05, 0.1) is 11.4 Å². The summed E-state index contributed by atoms with van der Waals surface area (Å²) in [7, 11) is -3.83. The van der Waals surface area contributed by atoms with Crippen molar-refractivity contribution >= 4 is 15.8 Å². The van der Waals surface area contributed by atoms with Crippen LogP contribution in [0.4, 0.5) is 4.39 Å². The average molecular weight is 472 g/mol. The number of ketones is 1. The van der Waals surface area contributed by atoms with Crippen molar-refractivity contribution in [3.63, 3.8) is 0 Å². The predicted octanol–water partition coefficient (Wildman–Crippen LogP) is 2.42. The second-order valence-electron chi connectivity index (χ2n) is 7.88. The Kier molecular flexibility index (Phi) is 6.13. The van der Waals surface area contributed by atoms with Crippen LogP contribution in [0.25, 0.3) is 0 Å². The maximum atomic E-state index is 13.1. The Labute approximate surface area is 190 Å². The monoisotopic (exact) mass is 471 g/mol. The van der Waals surface area contributed by atoms with Crippen molar-refractivity contribution in [1.29, 1.82) is 0 Å².